The monoisotopic (exact) mass is 385 g/mol. The maximum absolute atomic E-state index is 12.9. The first-order chi connectivity index (χ1) is 13.4. The molecule has 0 spiro atoms. The van der Waals surface area contributed by atoms with Gasteiger partial charge in [0.05, 0.1) is 26.2 Å². The molecule has 0 aliphatic heterocycles. The highest BCUT2D eigenvalue weighted by molar-refractivity contribution is 5.86. The van der Waals surface area contributed by atoms with E-state index in [4.69, 9.17) is 13.9 Å². The van der Waals surface area contributed by atoms with Crippen molar-refractivity contribution in [2.75, 3.05) is 14.2 Å². The molecular formula is C21H20FNO5. The number of hydrogen-bond donors (Lipinski definition) is 1. The zero-order valence-corrected chi connectivity index (χ0v) is 15.8. The number of fused-ring (bicyclic) bond motifs is 1. The lowest BCUT2D eigenvalue weighted by Crippen LogP contribution is -2.27. The number of benzene rings is 2. The highest BCUT2D eigenvalue weighted by atomic mass is 19.1. The number of ether oxygens (including phenoxy) is 2. The van der Waals surface area contributed by atoms with Crippen LogP contribution in [0.3, 0.4) is 0 Å². The smallest absolute Gasteiger partial charge is 0.340 e. The minimum absolute atomic E-state index is 0.125. The zero-order valence-electron chi connectivity index (χ0n) is 15.8. The maximum Gasteiger partial charge on any atom is 0.340 e. The second-order valence-electron chi connectivity index (χ2n) is 6.28. The highest BCUT2D eigenvalue weighted by Crippen LogP contribution is 2.33. The van der Waals surface area contributed by atoms with E-state index < -0.39 is 5.63 Å². The van der Waals surface area contributed by atoms with Crippen molar-refractivity contribution in [2.24, 2.45) is 0 Å². The van der Waals surface area contributed by atoms with E-state index in [1.165, 1.54) is 26.4 Å². The summed E-state index contributed by atoms with van der Waals surface area (Å²) in [6, 6.07) is 9.12. The first kappa shape index (κ1) is 19.4. The van der Waals surface area contributed by atoms with Gasteiger partial charge < -0.3 is 19.2 Å². The number of methoxy groups -OCH3 is 2. The van der Waals surface area contributed by atoms with Crippen molar-refractivity contribution in [3.05, 3.63) is 69.3 Å². The molecule has 28 heavy (non-hydrogen) atoms. The summed E-state index contributed by atoms with van der Waals surface area (Å²) >= 11 is 0. The lowest BCUT2D eigenvalue weighted by Gasteiger charge is -2.12. The predicted molar refractivity (Wildman–Crippen MR) is 102 cm³/mol. The van der Waals surface area contributed by atoms with Crippen LogP contribution in [0.15, 0.2) is 45.6 Å². The molecule has 1 heterocycles. The quantitative estimate of drug-likeness (QED) is 0.660. The summed E-state index contributed by atoms with van der Waals surface area (Å²) in [6.07, 6.45) is -0.125. The summed E-state index contributed by atoms with van der Waals surface area (Å²) < 4.78 is 28.8. The van der Waals surface area contributed by atoms with Crippen molar-refractivity contribution < 1.29 is 23.1 Å². The first-order valence-electron chi connectivity index (χ1n) is 8.62. The minimum Gasteiger partial charge on any atom is -0.493 e. The van der Waals surface area contributed by atoms with E-state index in [0.29, 0.717) is 28.0 Å². The van der Waals surface area contributed by atoms with Gasteiger partial charge in [-0.25, -0.2) is 9.18 Å². The number of aryl methyl sites for hydroxylation is 1. The van der Waals surface area contributed by atoms with Crippen LogP contribution in [0.4, 0.5) is 4.39 Å². The maximum atomic E-state index is 12.9. The van der Waals surface area contributed by atoms with Crippen molar-refractivity contribution in [3.8, 4) is 11.5 Å². The highest BCUT2D eigenvalue weighted by Gasteiger charge is 2.17. The fraction of sp³-hybridized carbons (Fsp3) is 0.238. The number of amides is 1. The molecule has 0 aliphatic carbocycles. The Bertz CT molecular complexity index is 1070. The molecule has 7 heteroatoms. The number of halogens is 1. The standard InChI is InChI=1S/C21H20FNO5/c1-12-15-8-18(26-2)19(27-3)10-17(15)28-21(25)16(12)9-20(24)23-11-13-4-6-14(22)7-5-13/h4-8,10H,9,11H2,1-3H3,(H,23,24). The van der Waals surface area contributed by atoms with Crippen LogP contribution in [-0.2, 0) is 17.8 Å². The zero-order chi connectivity index (χ0) is 20.3. The van der Waals surface area contributed by atoms with Gasteiger partial charge in [0.15, 0.2) is 11.5 Å². The lowest BCUT2D eigenvalue weighted by molar-refractivity contribution is -0.120. The molecule has 1 amide bonds. The topological polar surface area (TPSA) is 77.8 Å². The van der Waals surface area contributed by atoms with Crippen molar-refractivity contribution in [1.29, 1.82) is 0 Å². The molecule has 2 aromatic carbocycles. The van der Waals surface area contributed by atoms with Gasteiger partial charge in [-0.05, 0) is 36.2 Å². The van der Waals surface area contributed by atoms with Crippen molar-refractivity contribution in [3.63, 3.8) is 0 Å². The SMILES string of the molecule is COc1cc2oc(=O)c(CC(=O)NCc3ccc(F)cc3)c(C)c2cc1OC. The Morgan fingerprint density at radius 2 is 1.75 bits per heavy atom. The normalized spacial score (nSPS) is 10.7. The van der Waals surface area contributed by atoms with Gasteiger partial charge in [-0.3, -0.25) is 4.79 Å². The van der Waals surface area contributed by atoms with Crippen LogP contribution < -0.4 is 20.4 Å². The van der Waals surface area contributed by atoms with Gasteiger partial charge in [0.1, 0.15) is 11.4 Å². The van der Waals surface area contributed by atoms with Crippen molar-refractivity contribution >= 4 is 16.9 Å². The van der Waals surface area contributed by atoms with Gasteiger partial charge in [-0.15, -0.1) is 0 Å². The molecule has 3 rings (SSSR count). The van der Waals surface area contributed by atoms with Crippen LogP contribution in [0, 0.1) is 12.7 Å². The number of carbonyl (C=O) groups excluding carboxylic acids is 1. The van der Waals surface area contributed by atoms with Crippen molar-refractivity contribution in [2.45, 2.75) is 19.9 Å². The molecular weight excluding hydrogens is 365 g/mol. The number of carbonyl (C=O) groups is 1. The average Bonchev–Trinajstić information content (AvgIpc) is 2.69. The van der Waals surface area contributed by atoms with Gasteiger partial charge in [0.25, 0.3) is 0 Å². The summed E-state index contributed by atoms with van der Waals surface area (Å²) in [5.74, 6) is 0.270. The number of hydrogen-bond acceptors (Lipinski definition) is 5. The van der Waals surface area contributed by atoms with E-state index in [0.717, 1.165) is 5.56 Å². The Morgan fingerprint density at radius 3 is 2.39 bits per heavy atom. The predicted octanol–water partition coefficient (Wildman–Crippen LogP) is 3.12. The third-order valence-electron chi connectivity index (χ3n) is 4.53. The van der Waals surface area contributed by atoms with Crippen LogP contribution in [0.1, 0.15) is 16.7 Å². The fourth-order valence-electron chi connectivity index (χ4n) is 2.95. The largest absolute Gasteiger partial charge is 0.493 e. The molecule has 0 radical (unpaired) electrons. The molecule has 0 bridgehead atoms. The Hall–Kier alpha value is -3.35. The molecule has 0 aliphatic rings. The Balaban J connectivity index is 1.84. The summed E-state index contributed by atoms with van der Waals surface area (Å²) in [5.41, 5.74) is 1.46. The third-order valence-corrected chi connectivity index (χ3v) is 4.53. The lowest BCUT2D eigenvalue weighted by atomic mass is 10.0. The molecule has 0 saturated heterocycles. The fourth-order valence-corrected chi connectivity index (χ4v) is 2.95. The summed E-state index contributed by atoms with van der Waals surface area (Å²) in [6.45, 7) is 2.00. The molecule has 1 aromatic heterocycles. The molecule has 6 nitrogen and oxygen atoms in total. The van der Waals surface area contributed by atoms with Gasteiger partial charge in [-0.2, -0.15) is 0 Å². The summed E-state index contributed by atoms with van der Waals surface area (Å²) in [4.78, 5) is 24.7. The van der Waals surface area contributed by atoms with E-state index in [9.17, 15) is 14.0 Å². The first-order valence-corrected chi connectivity index (χ1v) is 8.62. The number of nitrogens with one attached hydrogen (secondary N) is 1. The molecule has 0 fully saturated rings. The van der Waals surface area contributed by atoms with Crippen LogP contribution in [-0.4, -0.2) is 20.1 Å². The summed E-state index contributed by atoms with van der Waals surface area (Å²) in [5, 5.41) is 3.39. The van der Waals surface area contributed by atoms with E-state index >= 15 is 0 Å². The van der Waals surface area contributed by atoms with Crippen LogP contribution >= 0.6 is 0 Å². The van der Waals surface area contributed by atoms with Gasteiger partial charge in [0.2, 0.25) is 5.91 Å². The van der Waals surface area contributed by atoms with Crippen LogP contribution in [0.5, 0.6) is 11.5 Å². The van der Waals surface area contributed by atoms with Crippen LogP contribution in [0.2, 0.25) is 0 Å². The Morgan fingerprint density at radius 1 is 1.11 bits per heavy atom. The minimum atomic E-state index is -0.575. The van der Waals surface area contributed by atoms with E-state index in [1.807, 2.05) is 0 Å². The van der Waals surface area contributed by atoms with E-state index in [-0.39, 0.29) is 30.3 Å². The second-order valence-corrected chi connectivity index (χ2v) is 6.28. The van der Waals surface area contributed by atoms with Crippen LogP contribution in [0.25, 0.3) is 11.0 Å². The molecule has 146 valence electrons. The molecule has 1 N–H and O–H groups in total. The molecule has 0 saturated carbocycles. The Kier molecular flexibility index (Phi) is 5.63. The summed E-state index contributed by atoms with van der Waals surface area (Å²) in [7, 11) is 3.01. The third kappa shape index (κ3) is 3.98. The van der Waals surface area contributed by atoms with E-state index in [1.54, 1.807) is 31.2 Å². The second kappa shape index (κ2) is 8.12. The van der Waals surface area contributed by atoms with Crippen molar-refractivity contribution in [1.82, 2.24) is 5.32 Å². The van der Waals surface area contributed by atoms with Gasteiger partial charge in [0, 0.05) is 18.0 Å². The van der Waals surface area contributed by atoms with Gasteiger partial charge in [-0.1, -0.05) is 12.1 Å². The van der Waals surface area contributed by atoms with E-state index in [2.05, 4.69) is 5.32 Å². The number of rotatable bonds is 6. The van der Waals surface area contributed by atoms with Gasteiger partial charge >= 0.3 is 5.63 Å². The molecule has 0 atom stereocenters. The molecule has 0 unspecified atom stereocenters. The average molecular weight is 385 g/mol. The molecule has 3 aromatic rings. The Labute approximate surface area is 160 Å².